The summed E-state index contributed by atoms with van der Waals surface area (Å²) in [5.41, 5.74) is 0.318. The highest BCUT2D eigenvalue weighted by Crippen LogP contribution is 2.09. The molecule has 0 heterocycles. The Morgan fingerprint density at radius 3 is 2.56 bits per heavy atom. The summed E-state index contributed by atoms with van der Waals surface area (Å²) in [6, 6.07) is 4.76. The number of terminal acetylenes is 1. The van der Waals surface area contributed by atoms with E-state index in [4.69, 9.17) is 11.5 Å². The Morgan fingerprint density at radius 1 is 1.44 bits per heavy atom. The van der Waals surface area contributed by atoms with Gasteiger partial charge in [0.15, 0.2) is 0 Å². The van der Waals surface area contributed by atoms with Crippen LogP contribution >= 0.6 is 0 Å². The van der Waals surface area contributed by atoms with Gasteiger partial charge in [0.25, 0.3) is 5.91 Å². The molecule has 0 aliphatic carbocycles. The highest BCUT2D eigenvalue weighted by Gasteiger charge is 2.20. The van der Waals surface area contributed by atoms with E-state index in [-0.39, 0.29) is 12.2 Å². The first-order valence-corrected chi connectivity index (χ1v) is 5.19. The van der Waals surface area contributed by atoms with Crippen molar-refractivity contribution in [2.45, 2.75) is 12.5 Å². The van der Waals surface area contributed by atoms with Gasteiger partial charge in [-0.25, -0.2) is 4.79 Å². The molecule has 0 aromatic heterocycles. The molecule has 5 nitrogen and oxygen atoms in total. The van der Waals surface area contributed by atoms with Crippen molar-refractivity contribution >= 4 is 11.9 Å². The number of hydrogen-bond donors (Lipinski definition) is 2. The average molecular weight is 247 g/mol. The molecule has 1 aromatic carbocycles. The van der Waals surface area contributed by atoms with Crippen LogP contribution in [0.3, 0.4) is 0 Å². The Balaban J connectivity index is 2.75. The molecule has 0 aliphatic rings. The second kappa shape index (κ2) is 6.30. The van der Waals surface area contributed by atoms with E-state index in [0.717, 1.165) is 0 Å². The standard InChI is InChI=1S/C13H13NO4/c1-3-4-11(13(17)18-2)14-12(16)9-5-7-10(15)8-6-9/h1,5-8,11,15H,4H2,2H3,(H,14,16)/t11-/m1/s1. The number of rotatable bonds is 4. The molecule has 0 radical (unpaired) electrons. The third-order valence-electron chi connectivity index (χ3n) is 2.24. The molecule has 1 aromatic rings. The number of phenols is 1. The van der Waals surface area contributed by atoms with Crippen molar-refractivity contribution < 1.29 is 19.4 Å². The molecule has 2 N–H and O–H groups in total. The van der Waals surface area contributed by atoms with Crippen LogP contribution in [0.15, 0.2) is 24.3 Å². The molecule has 94 valence electrons. The maximum atomic E-state index is 11.8. The first-order chi connectivity index (χ1) is 8.58. The summed E-state index contributed by atoms with van der Waals surface area (Å²) in [6.07, 6.45) is 5.17. The number of carbonyl (C=O) groups excluding carboxylic acids is 2. The summed E-state index contributed by atoms with van der Waals surface area (Å²) in [4.78, 5) is 23.1. The van der Waals surface area contributed by atoms with E-state index in [0.29, 0.717) is 5.56 Å². The second-order valence-electron chi connectivity index (χ2n) is 3.50. The van der Waals surface area contributed by atoms with Gasteiger partial charge in [0.2, 0.25) is 0 Å². The molecule has 0 fully saturated rings. The van der Waals surface area contributed by atoms with Gasteiger partial charge in [-0.1, -0.05) is 0 Å². The number of methoxy groups -OCH3 is 1. The maximum Gasteiger partial charge on any atom is 0.329 e. The van der Waals surface area contributed by atoms with Crippen molar-refractivity contribution in [1.29, 1.82) is 0 Å². The number of hydrogen-bond acceptors (Lipinski definition) is 4. The minimum Gasteiger partial charge on any atom is -0.508 e. The second-order valence-corrected chi connectivity index (χ2v) is 3.50. The normalized spacial score (nSPS) is 11.1. The van der Waals surface area contributed by atoms with Gasteiger partial charge in [0.05, 0.1) is 7.11 Å². The van der Waals surface area contributed by atoms with Gasteiger partial charge in [-0.05, 0) is 24.3 Å². The van der Waals surface area contributed by atoms with Crippen LogP contribution in [0.1, 0.15) is 16.8 Å². The van der Waals surface area contributed by atoms with Gasteiger partial charge in [-0.2, -0.15) is 0 Å². The van der Waals surface area contributed by atoms with Crippen LogP contribution in [0.25, 0.3) is 0 Å². The Morgan fingerprint density at radius 2 is 2.06 bits per heavy atom. The molecule has 5 heteroatoms. The summed E-state index contributed by atoms with van der Waals surface area (Å²) in [5.74, 6) is 1.29. The Hall–Kier alpha value is -2.48. The molecule has 1 amide bonds. The predicted molar refractivity (Wildman–Crippen MR) is 64.8 cm³/mol. The van der Waals surface area contributed by atoms with Crippen molar-refractivity contribution in [3.8, 4) is 18.1 Å². The van der Waals surface area contributed by atoms with Crippen molar-refractivity contribution in [3.63, 3.8) is 0 Å². The van der Waals surface area contributed by atoms with E-state index in [1.807, 2.05) is 0 Å². The van der Waals surface area contributed by atoms with Gasteiger partial charge >= 0.3 is 5.97 Å². The summed E-state index contributed by atoms with van der Waals surface area (Å²) < 4.78 is 4.53. The van der Waals surface area contributed by atoms with Gasteiger partial charge in [-0.15, -0.1) is 12.3 Å². The minimum absolute atomic E-state index is 0.0521. The fourth-order valence-corrected chi connectivity index (χ4v) is 1.31. The van der Waals surface area contributed by atoms with E-state index in [9.17, 15) is 9.59 Å². The molecule has 0 aliphatic heterocycles. The Kier molecular flexibility index (Phi) is 4.76. The van der Waals surface area contributed by atoms with Gasteiger partial charge in [0.1, 0.15) is 11.8 Å². The topological polar surface area (TPSA) is 75.6 Å². The van der Waals surface area contributed by atoms with Crippen LogP contribution in [-0.2, 0) is 9.53 Å². The van der Waals surface area contributed by atoms with Crippen LogP contribution < -0.4 is 5.32 Å². The van der Waals surface area contributed by atoms with E-state index in [1.165, 1.54) is 31.4 Å². The molecular formula is C13H13NO4. The Bertz CT molecular complexity index is 473. The summed E-state index contributed by atoms with van der Waals surface area (Å²) >= 11 is 0. The maximum absolute atomic E-state index is 11.8. The van der Waals surface area contributed by atoms with E-state index in [1.54, 1.807) is 0 Å². The average Bonchev–Trinajstić information content (AvgIpc) is 2.38. The molecule has 0 unspecified atom stereocenters. The van der Waals surface area contributed by atoms with Crippen LogP contribution in [0.2, 0.25) is 0 Å². The number of phenolic OH excluding ortho intramolecular Hbond substituents is 1. The minimum atomic E-state index is -0.874. The molecule has 18 heavy (non-hydrogen) atoms. The number of ether oxygens (including phenoxy) is 1. The molecule has 0 bridgehead atoms. The van der Waals surface area contributed by atoms with E-state index >= 15 is 0 Å². The van der Waals surface area contributed by atoms with E-state index < -0.39 is 17.9 Å². The fourth-order valence-electron chi connectivity index (χ4n) is 1.31. The molecule has 1 rings (SSSR count). The largest absolute Gasteiger partial charge is 0.508 e. The summed E-state index contributed by atoms with van der Waals surface area (Å²) in [7, 11) is 1.22. The van der Waals surface area contributed by atoms with Crippen LogP contribution in [0.4, 0.5) is 0 Å². The zero-order chi connectivity index (χ0) is 13.5. The number of benzene rings is 1. The van der Waals surface area contributed by atoms with Crippen molar-refractivity contribution in [3.05, 3.63) is 29.8 Å². The molecule has 0 saturated carbocycles. The number of aromatic hydroxyl groups is 1. The number of nitrogens with one attached hydrogen (secondary N) is 1. The predicted octanol–water partition coefficient (Wildman–Crippen LogP) is 0.687. The number of esters is 1. The highest BCUT2D eigenvalue weighted by molar-refractivity contribution is 5.96. The van der Waals surface area contributed by atoms with Crippen molar-refractivity contribution in [2.24, 2.45) is 0 Å². The number of amides is 1. The van der Waals surface area contributed by atoms with Crippen molar-refractivity contribution in [1.82, 2.24) is 5.32 Å². The third kappa shape index (κ3) is 3.52. The van der Waals surface area contributed by atoms with E-state index in [2.05, 4.69) is 16.0 Å². The fraction of sp³-hybridized carbons (Fsp3) is 0.231. The van der Waals surface area contributed by atoms with Gasteiger partial charge in [-0.3, -0.25) is 4.79 Å². The molecule has 0 spiro atoms. The number of carbonyl (C=O) groups is 2. The first-order valence-electron chi connectivity index (χ1n) is 5.19. The van der Waals surface area contributed by atoms with Crippen molar-refractivity contribution in [2.75, 3.05) is 7.11 Å². The summed E-state index contributed by atoms with van der Waals surface area (Å²) in [5, 5.41) is 11.6. The lowest BCUT2D eigenvalue weighted by Crippen LogP contribution is -2.41. The van der Waals surface area contributed by atoms with Crippen LogP contribution in [0.5, 0.6) is 5.75 Å². The monoisotopic (exact) mass is 247 g/mol. The quantitative estimate of drug-likeness (QED) is 0.606. The van der Waals surface area contributed by atoms with Gasteiger partial charge < -0.3 is 15.2 Å². The Labute approximate surface area is 105 Å². The van der Waals surface area contributed by atoms with Crippen LogP contribution in [-0.4, -0.2) is 30.1 Å². The SMILES string of the molecule is C#CC[C@@H](NC(=O)c1ccc(O)cc1)C(=O)OC. The summed E-state index contributed by atoms with van der Waals surface area (Å²) in [6.45, 7) is 0. The highest BCUT2D eigenvalue weighted by atomic mass is 16.5. The zero-order valence-electron chi connectivity index (χ0n) is 9.84. The lowest BCUT2D eigenvalue weighted by Gasteiger charge is -2.13. The lowest BCUT2D eigenvalue weighted by molar-refractivity contribution is -0.142. The first kappa shape index (κ1) is 13.6. The third-order valence-corrected chi connectivity index (χ3v) is 2.24. The van der Waals surface area contributed by atoms with Gasteiger partial charge in [0, 0.05) is 12.0 Å². The molecule has 1 atom stereocenters. The zero-order valence-corrected chi connectivity index (χ0v) is 9.84. The molecular weight excluding hydrogens is 234 g/mol. The lowest BCUT2D eigenvalue weighted by atomic mass is 10.1. The molecule has 0 saturated heterocycles. The smallest absolute Gasteiger partial charge is 0.329 e. The van der Waals surface area contributed by atoms with Crippen LogP contribution in [0, 0.1) is 12.3 Å².